The molecule has 0 heterocycles. The second kappa shape index (κ2) is 2.17. The molecule has 8 heavy (non-hydrogen) atoms. The van der Waals surface area contributed by atoms with Crippen molar-refractivity contribution in [1.29, 1.82) is 0 Å². The van der Waals surface area contributed by atoms with Gasteiger partial charge in [-0.25, -0.2) is 0 Å². The first kappa shape index (κ1) is 7.49. The maximum Gasteiger partial charge on any atom is 0.413 e. The zero-order chi connectivity index (χ0) is 6.78. The van der Waals surface area contributed by atoms with Crippen molar-refractivity contribution < 1.29 is 13.2 Å². The van der Waals surface area contributed by atoms with Gasteiger partial charge in [0.2, 0.25) is 0 Å². The van der Waals surface area contributed by atoms with Crippen LogP contribution in [0.15, 0.2) is 12.2 Å². The molecule has 0 radical (unpaired) electrons. The van der Waals surface area contributed by atoms with Crippen LogP contribution in [0.5, 0.6) is 0 Å². The quantitative estimate of drug-likeness (QED) is 0.521. The number of halogens is 3. The first-order valence-corrected chi connectivity index (χ1v) is 1.93. The predicted octanol–water partition coefficient (Wildman–Crippen LogP) is 1.06. The Morgan fingerprint density at radius 2 is 1.88 bits per heavy atom. The van der Waals surface area contributed by atoms with Gasteiger partial charge in [-0.05, 0) is 0 Å². The summed E-state index contributed by atoms with van der Waals surface area (Å²) in [7, 11) is 0. The molecular weight excluding hydrogens is 119 g/mol. The van der Waals surface area contributed by atoms with Crippen molar-refractivity contribution in [1.82, 2.24) is 0 Å². The average molecular weight is 125 g/mol. The molecule has 0 bridgehead atoms. The van der Waals surface area contributed by atoms with E-state index in [4.69, 9.17) is 0 Å². The minimum atomic E-state index is -4.31. The van der Waals surface area contributed by atoms with E-state index in [0.29, 0.717) is 0 Å². The maximum atomic E-state index is 11.3. The van der Waals surface area contributed by atoms with Gasteiger partial charge in [0, 0.05) is 12.1 Å². The molecule has 0 saturated heterocycles. The summed E-state index contributed by atoms with van der Waals surface area (Å²) < 4.78 is 33.8. The Morgan fingerprint density at radius 3 is 1.88 bits per heavy atom. The lowest BCUT2D eigenvalue weighted by molar-refractivity contribution is -0.0917. The molecule has 0 aliphatic rings. The van der Waals surface area contributed by atoms with E-state index >= 15 is 0 Å². The lowest BCUT2D eigenvalue weighted by atomic mass is 10.3. The number of alkyl halides is 3. The Balaban J connectivity index is 3.82. The van der Waals surface area contributed by atoms with Crippen molar-refractivity contribution in [2.75, 3.05) is 6.54 Å². The molecule has 0 amide bonds. The predicted molar refractivity (Wildman–Crippen MR) is 24.2 cm³/mol. The van der Waals surface area contributed by atoms with E-state index in [1.807, 2.05) is 0 Å². The highest BCUT2D eigenvalue weighted by atomic mass is 19.4. The van der Waals surface area contributed by atoms with Crippen molar-refractivity contribution in [2.24, 2.45) is 5.73 Å². The number of hydrogen-bond donors (Lipinski definition) is 1. The molecule has 0 spiro atoms. The summed E-state index contributed by atoms with van der Waals surface area (Å²) in [5, 5.41) is 0. The van der Waals surface area contributed by atoms with Crippen LogP contribution in [0.2, 0.25) is 0 Å². The summed E-state index contributed by atoms with van der Waals surface area (Å²) in [5.74, 6) is 0. The van der Waals surface area contributed by atoms with E-state index in [1.165, 1.54) is 0 Å². The molecule has 0 unspecified atom stereocenters. The standard InChI is InChI=1S/C4H6F3N/c1-3(2-8)4(5,6)7/h1-2,8H2. The Kier molecular flexibility index (Phi) is 2.03. The van der Waals surface area contributed by atoms with E-state index in [2.05, 4.69) is 12.3 Å². The van der Waals surface area contributed by atoms with Crippen LogP contribution in [0.1, 0.15) is 0 Å². The minimum Gasteiger partial charge on any atom is -0.326 e. The second-order valence-corrected chi connectivity index (χ2v) is 1.31. The van der Waals surface area contributed by atoms with Crippen LogP contribution in [0.25, 0.3) is 0 Å². The number of hydrogen-bond acceptors (Lipinski definition) is 1. The highest BCUT2D eigenvalue weighted by molar-refractivity contribution is 5.03. The SMILES string of the molecule is C=C(CN)C(F)(F)F. The van der Waals surface area contributed by atoms with Crippen LogP contribution >= 0.6 is 0 Å². The maximum absolute atomic E-state index is 11.3. The van der Waals surface area contributed by atoms with Crippen molar-refractivity contribution in [2.45, 2.75) is 6.18 Å². The topological polar surface area (TPSA) is 26.0 Å². The van der Waals surface area contributed by atoms with Gasteiger partial charge >= 0.3 is 6.18 Å². The van der Waals surface area contributed by atoms with Crippen molar-refractivity contribution in [3.63, 3.8) is 0 Å². The summed E-state index contributed by atoms with van der Waals surface area (Å²) in [6.45, 7) is 2.17. The third-order valence-corrected chi connectivity index (χ3v) is 0.647. The summed E-state index contributed by atoms with van der Waals surface area (Å²) >= 11 is 0. The zero-order valence-electron chi connectivity index (χ0n) is 4.13. The minimum absolute atomic E-state index is 0.524. The molecule has 4 heteroatoms. The van der Waals surface area contributed by atoms with Gasteiger partial charge in [0.05, 0.1) is 0 Å². The average Bonchev–Trinajstić information content (AvgIpc) is 1.62. The third-order valence-electron chi connectivity index (χ3n) is 0.647. The van der Waals surface area contributed by atoms with Gasteiger partial charge in [0.15, 0.2) is 0 Å². The molecule has 48 valence electrons. The Bertz CT molecular complexity index is 93.9. The largest absolute Gasteiger partial charge is 0.413 e. The van der Waals surface area contributed by atoms with Crippen molar-refractivity contribution >= 4 is 0 Å². The fraction of sp³-hybridized carbons (Fsp3) is 0.500. The molecule has 0 aromatic rings. The lowest BCUT2D eigenvalue weighted by Gasteiger charge is -2.05. The van der Waals surface area contributed by atoms with E-state index in [1.54, 1.807) is 0 Å². The molecule has 1 nitrogen and oxygen atoms in total. The Hall–Kier alpha value is -0.510. The van der Waals surface area contributed by atoms with Crippen LogP contribution < -0.4 is 5.73 Å². The van der Waals surface area contributed by atoms with Gasteiger partial charge < -0.3 is 5.73 Å². The Labute approximate surface area is 45.0 Å². The van der Waals surface area contributed by atoms with E-state index in [0.717, 1.165) is 0 Å². The van der Waals surface area contributed by atoms with Crippen molar-refractivity contribution in [3.05, 3.63) is 12.2 Å². The normalized spacial score (nSPS) is 11.5. The summed E-state index contributed by atoms with van der Waals surface area (Å²) in [6, 6.07) is 0. The van der Waals surface area contributed by atoms with E-state index in [9.17, 15) is 13.2 Å². The molecule has 2 N–H and O–H groups in total. The van der Waals surface area contributed by atoms with Gasteiger partial charge in [0.1, 0.15) is 0 Å². The molecule has 0 atom stereocenters. The molecule has 0 saturated carbocycles. The smallest absolute Gasteiger partial charge is 0.326 e. The fourth-order valence-corrected chi connectivity index (χ4v) is 0.116. The van der Waals surface area contributed by atoms with Gasteiger partial charge in [0.25, 0.3) is 0 Å². The highest BCUT2D eigenvalue weighted by Gasteiger charge is 2.30. The molecule has 0 fully saturated rings. The van der Waals surface area contributed by atoms with Crippen LogP contribution in [0, 0.1) is 0 Å². The van der Waals surface area contributed by atoms with Gasteiger partial charge in [-0.2, -0.15) is 13.2 Å². The third kappa shape index (κ3) is 1.97. The van der Waals surface area contributed by atoms with E-state index in [-0.39, 0.29) is 0 Å². The van der Waals surface area contributed by atoms with Gasteiger partial charge in [-0.15, -0.1) is 0 Å². The first-order valence-electron chi connectivity index (χ1n) is 1.93. The van der Waals surface area contributed by atoms with Crippen molar-refractivity contribution in [3.8, 4) is 0 Å². The summed E-state index contributed by atoms with van der Waals surface area (Å²) in [6.07, 6.45) is -4.31. The fourth-order valence-electron chi connectivity index (χ4n) is 0.116. The molecule has 0 aliphatic heterocycles. The zero-order valence-corrected chi connectivity index (χ0v) is 4.13. The number of rotatable bonds is 1. The van der Waals surface area contributed by atoms with Crippen LogP contribution in [0.3, 0.4) is 0 Å². The van der Waals surface area contributed by atoms with Crippen LogP contribution in [-0.4, -0.2) is 12.7 Å². The van der Waals surface area contributed by atoms with E-state index < -0.39 is 18.3 Å². The number of nitrogens with two attached hydrogens (primary N) is 1. The molecule has 0 rings (SSSR count). The second-order valence-electron chi connectivity index (χ2n) is 1.31. The van der Waals surface area contributed by atoms with Gasteiger partial charge in [-0.3, -0.25) is 0 Å². The summed E-state index contributed by atoms with van der Waals surface area (Å²) in [4.78, 5) is 0. The highest BCUT2D eigenvalue weighted by Crippen LogP contribution is 2.22. The Morgan fingerprint density at radius 1 is 1.50 bits per heavy atom. The molecular formula is C4H6F3N. The molecule has 0 aromatic carbocycles. The van der Waals surface area contributed by atoms with Gasteiger partial charge in [-0.1, -0.05) is 6.58 Å². The molecule has 0 aliphatic carbocycles. The molecule has 0 aromatic heterocycles. The summed E-state index contributed by atoms with van der Waals surface area (Å²) in [5.41, 5.74) is 3.75. The monoisotopic (exact) mass is 125 g/mol. The van der Waals surface area contributed by atoms with Crippen LogP contribution in [0.4, 0.5) is 13.2 Å². The lowest BCUT2D eigenvalue weighted by Crippen LogP contribution is -2.18. The van der Waals surface area contributed by atoms with Crippen LogP contribution in [-0.2, 0) is 0 Å². The first-order chi connectivity index (χ1) is 3.48.